The van der Waals surface area contributed by atoms with Crippen LogP contribution in [0.25, 0.3) is 11.0 Å². The first-order chi connectivity index (χ1) is 9.25. The highest BCUT2D eigenvalue weighted by atomic mass is 15.1. The van der Waals surface area contributed by atoms with Gasteiger partial charge in [-0.1, -0.05) is 12.1 Å². The molecule has 19 heavy (non-hydrogen) atoms. The van der Waals surface area contributed by atoms with Crippen molar-refractivity contribution in [1.29, 1.82) is 0 Å². The number of nitrogens with one attached hydrogen (secondary N) is 1. The normalized spacial score (nSPS) is 10.8. The molecule has 0 saturated carbocycles. The van der Waals surface area contributed by atoms with Gasteiger partial charge in [0.05, 0.1) is 29.5 Å². The van der Waals surface area contributed by atoms with Gasteiger partial charge in [-0.3, -0.25) is 4.98 Å². The molecule has 0 aliphatic heterocycles. The molecule has 0 bridgehead atoms. The Morgan fingerprint density at radius 1 is 1.21 bits per heavy atom. The van der Waals surface area contributed by atoms with Crippen molar-refractivity contribution in [2.75, 3.05) is 5.32 Å². The molecule has 0 saturated heterocycles. The molecule has 4 nitrogen and oxygen atoms in total. The minimum atomic E-state index is 0.692. The van der Waals surface area contributed by atoms with Crippen molar-refractivity contribution in [2.24, 2.45) is 7.05 Å². The Morgan fingerprint density at radius 3 is 2.84 bits per heavy atom. The summed E-state index contributed by atoms with van der Waals surface area (Å²) in [6.07, 6.45) is 3.65. The Hall–Kier alpha value is -2.36. The maximum atomic E-state index is 4.64. The van der Waals surface area contributed by atoms with Gasteiger partial charge in [-0.25, -0.2) is 4.98 Å². The molecule has 0 amide bonds. The van der Waals surface area contributed by atoms with Gasteiger partial charge in [0, 0.05) is 13.2 Å². The van der Waals surface area contributed by atoms with Crippen molar-refractivity contribution in [2.45, 2.75) is 13.5 Å². The SMILES string of the molecule is Cc1ccncc1NCc1nc2ccccc2n1C. The van der Waals surface area contributed by atoms with Gasteiger partial charge in [0.25, 0.3) is 0 Å². The standard InChI is InChI=1S/C15H16N4/c1-11-7-8-16-9-13(11)17-10-15-18-12-5-3-4-6-14(12)19(15)2/h3-9,17H,10H2,1-2H3. The molecule has 0 radical (unpaired) electrons. The predicted octanol–water partition coefficient (Wildman–Crippen LogP) is 2.89. The number of imidazole rings is 1. The van der Waals surface area contributed by atoms with Gasteiger partial charge in [0.1, 0.15) is 5.82 Å². The first-order valence-corrected chi connectivity index (χ1v) is 6.30. The molecule has 2 aromatic heterocycles. The van der Waals surface area contributed by atoms with Gasteiger partial charge in [-0.15, -0.1) is 0 Å². The number of pyridine rings is 1. The average Bonchev–Trinajstić information content (AvgIpc) is 2.75. The highest BCUT2D eigenvalue weighted by molar-refractivity contribution is 5.75. The van der Waals surface area contributed by atoms with Gasteiger partial charge in [0.2, 0.25) is 0 Å². The summed E-state index contributed by atoms with van der Waals surface area (Å²) in [4.78, 5) is 8.77. The molecule has 4 heteroatoms. The topological polar surface area (TPSA) is 42.7 Å². The van der Waals surface area contributed by atoms with E-state index < -0.39 is 0 Å². The van der Waals surface area contributed by atoms with E-state index >= 15 is 0 Å². The number of hydrogen-bond donors (Lipinski definition) is 1. The minimum absolute atomic E-state index is 0.692. The fraction of sp³-hybridized carbons (Fsp3) is 0.200. The lowest BCUT2D eigenvalue weighted by Gasteiger charge is -2.08. The number of aromatic nitrogens is 3. The Morgan fingerprint density at radius 2 is 2.05 bits per heavy atom. The van der Waals surface area contributed by atoms with Gasteiger partial charge in [0.15, 0.2) is 0 Å². The number of fused-ring (bicyclic) bond motifs is 1. The maximum absolute atomic E-state index is 4.64. The number of nitrogens with zero attached hydrogens (tertiary/aromatic N) is 3. The van der Waals surface area contributed by atoms with Crippen LogP contribution in [0.5, 0.6) is 0 Å². The van der Waals surface area contributed by atoms with Crippen molar-refractivity contribution < 1.29 is 0 Å². The van der Waals surface area contributed by atoms with Gasteiger partial charge < -0.3 is 9.88 Å². The summed E-state index contributed by atoms with van der Waals surface area (Å²) in [7, 11) is 2.04. The zero-order valence-electron chi connectivity index (χ0n) is 11.1. The van der Waals surface area contributed by atoms with Crippen LogP contribution in [0.15, 0.2) is 42.7 Å². The molecule has 1 N–H and O–H groups in total. The lowest BCUT2D eigenvalue weighted by Crippen LogP contribution is -2.06. The van der Waals surface area contributed by atoms with Gasteiger partial charge in [-0.2, -0.15) is 0 Å². The molecule has 0 unspecified atom stereocenters. The van der Waals surface area contributed by atoms with Crippen molar-refractivity contribution in [3.63, 3.8) is 0 Å². The number of benzene rings is 1. The van der Waals surface area contributed by atoms with Crippen LogP contribution < -0.4 is 5.32 Å². The van der Waals surface area contributed by atoms with Crippen LogP contribution in [0.2, 0.25) is 0 Å². The summed E-state index contributed by atoms with van der Waals surface area (Å²) >= 11 is 0. The van der Waals surface area contributed by atoms with E-state index in [2.05, 4.69) is 32.8 Å². The van der Waals surface area contributed by atoms with E-state index in [9.17, 15) is 0 Å². The van der Waals surface area contributed by atoms with Crippen molar-refractivity contribution >= 4 is 16.7 Å². The summed E-state index contributed by atoms with van der Waals surface area (Å²) in [5.74, 6) is 1.02. The van der Waals surface area contributed by atoms with Crippen LogP contribution in [0.3, 0.4) is 0 Å². The molecule has 1 aromatic carbocycles. The molecule has 0 aliphatic carbocycles. The highest BCUT2D eigenvalue weighted by Gasteiger charge is 2.07. The summed E-state index contributed by atoms with van der Waals surface area (Å²) in [6.45, 7) is 2.76. The average molecular weight is 252 g/mol. The molecule has 0 spiro atoms. The van der Waals surface area contributed by atoms with Crippen molar-refractivity contribution in [3.8, 4) is 0 Å². The summed E-state index contributed by atoms with van der Waals surface area (Å²) in [6, 6.07) is 10.2. The number of para-hydroxylation sites is 2. The molecule has 0 fully saturated rings. The van der Waals surface area contributed by atoms with E-state index in [1.54, 1.807) is 6.20 Å². The van der Waals surface area contributed by atoms with Crippen LogP contribution in [-0.2, 0) is 13.6 Å². The third-order valence-electron chi connectivity index (χ3n) is 3.36. The van der Waals surface area contributed by atoms with E-state index in [4.69, 9.17) is 0 Å². The Labute approximate surface area is 112 Å². The van der Waals surface area contributed by atoms with Crippen LogP contribution in [0.1, 0.15) is 11.4 Å². The monoisotopic (exact) mass is 252 g/mol. The molecule has 3 rings (SSSR count). The Balaban J connectivity index is 1.86. The van der Waals surface area contributed by atoms with Crippen molar-refractivity contribution in [1.82, 2.24) is 14.5 Å². The quantitative estimate of drug-likeness (QED) is 0.779. The highest BCUT2D eigenvalue weighted by Crippen LogP contribution is 2.16. The number of anilines is 1. The summed E-state index contributed by atoms with van der Waals surface area (Å²) < 4.78 is 2.12. The minimum Gasteiger partial charge on any atom is -0.376 e. The van der Waals surface area contributed by atoms with Gasteiger partial charge >= 0.3 is 0 Å². The lowest BCUT2D eigenvalue weighted by atomic mass is 10.2. The second kappa shape index (κ2) is 4.72. The number of aryl methyl sites for hydroxylation is 2. The van der Waals surface area contributed by atoms with E-state index in [0.717, 1.165) is 22.5 Å². The van der Waals surface area contributed by atoms with Crippen molar-refractivity contribution in [3.05, 3.63) is 54.1 Å². The first-order valence-electron chi connectivity index (χ1n) is 6.30. The van der Waals surface area contributed by atoms with E-state index in [-0.39, 0.29) is 0 Å². The summed E-state index contributed by atoms with van der Waals surface area (Å²) in [5.41, 5.74) is 4.43. The largest absolute Gasteiger partial charge is 0.376 e. The zero-order chi connectivity index (χ0) is 13.2. The molecule has 96 valence electrons. The fourth-order valence-electron chi connectivity index (χ4n) is 2.18. The molecule has 0 atom stereocenters. The fourth-order valence-corrected chi connectivity index (χ4v) is 2.18. The third-order valence-corrected chi connectivity index (χ3v) is 3.36. The number of hydrogen-bond acceptors (Lipinski definition) is 3. The van der Waals surface area contributed by atoms with E-state index in [1.807, 2.05) is 37.5 Å². The molecule has 3 aromatic rings. The maximum Gasteiger partial charge on any atom is 0.128 e. The van der Waals surface area contributed by atoms with Crippen LogP contribution >= 0.6 is 0 Å². The van der Waals surface area contributed by atoms with E-state index in [0.29, 0.717) is 6.54 Å². The smallest absolute Gasteiger partial charge is 0.128 e. The zero-order valence-corrected chi connectivity index (χ0v) is 11.1. The van der Waals surface area contributed by atoms with Crippen LogP contribution in [0.4, 0.5) is 5.69 Å². The molecule has 2 heterocycles. The molecular weight excluding hydrogens is 236 g/mol. The Bertz CT molecular complexity index is 715. The predicted molar refractivity (Wildman–Crippen MR) is 77.0 cm³/mol. The lowest BCUT2D eigenvalue weighted by molar-refractivity contribution is 0.833. The van der Waals surface area contributed by atoms with Crippen LogP contribution in [-0.4, -0.2) is 14.5 Å². The molecular formula is C15H16N4. The van der Waals surface area contributed by atoms with Gasteiger partial charge in [-0.05, 0) is 30.7 Å². The first kappa shape index (κ1) is 11.7. The second-order valence-electron chi connectivity index (χ2n) is 4.62. The van der Waals surface area contributed by atoms with E-state index in [1.165, 1.54) is 5.56 Å². The number of rotatable bonds is 3. The third kappa shape index (κ3) is 2.17. The summed E-state index contributed by atoms with van der Waals surface area (Å²) in [5, 5.41) is 3.39. The van der Waals surface area contributed by atoms with Crippen LogP contribution in [0, 0.1) is 6.92 Å². The second-order valence-corrected chi connectivity index (χ2v) is 4.62. The molecule has 0 aliphatic rings. The Kier molecular flexibility index (Phi) is 2.91.